The Morgan fingerprint density at radius 2 is 2.00 bits per heavy atom. The van der Waals surface area contributed by atoms with E-state index in [1.807, 2.05) is 31.5 Å². The minimum atomic E-state index is 0.309. The number of para-hydroxylation sites is 1. The zero-order chi connectivity index (χ0) is 20.9. The van der Waals surface area contributed by atoms with Crippen molar-refractivity contribution in [3.63, 3.8) is 0 Å². The summed E-state index contributed by atoms with van der Waals surface area (Å²) in [6.45, 7) is 2.65. The molecule has 2 heterocycles. The van der Waals surface area contributed by atoms with Crippen LogP contribution in [0.25, 0.3) is 0 Å². The molecule has 0 saturated carbocycles. The summed E-state index contributed by atoms with van der Waals surface area (Å²) in [6.07, 6.45) is 5.55. The van der Waals surface area contributed by atoms with E-state index in [0.29, 0.717) is 12.6 Å². The average Bonchev–Trinajstić information content (AvgIpc) is 2.80. The highest BCUT2D eigenvalue weighted by molar-refractivity contribution is 9.10. The molecule has 0 amide bonds. The van der Waals surface area contributed by atoms with E-state index in [9.17, 15) is 0 Å². The third-order valence-electron chi connectivity index (χ3n) is 5.60. The van der Waals surface area contributed by atoms with E-state index >= 15 is 0 Å². The van der Waals surface area contributed by atoms with Gasteiger partial charge in [0, 0.05) is 54.0 Å². The second kappa shape index (κ2) is 9.34. The topological polar surface area (TPSA) is 78.0 Å². The monoisotopic (exact) mass is 466 g/mol. The van der Waals surface area contributed by atoms with Crippen LogP contribution in [0.1, 0.15) is 12.8 Å². The average molecular weight is 467 g/mol. The molecule has 0 bridgehead atoms. The highest BCUT2D eigenvalue weighted by atomic mass is 79.9. The number of nitrogens with two attached hydrogens (primary N) is 1. The molecule has 30 heavy (non-hydrogen) atoms. The molecule has 0 atom stereocenters. The van der Waals surface area contributed by atoms with E-state index in [1.165, 1.54) is 5.69 Å². The summed E-state index contributed by atoms with van der Waals surface area (Å²) in [6, 6.07) is 14.9. The molecule has 7 heteroatoms. The first-order valence-corrected chi connectivity index (χ1v) is 11.1. The van der Waals surface area contributed by atoms with Gasteiger partial charge in [-0.05, 0) is 65.2 Å². The number of hydrogen-bond acceptors (Lipinski definition) is 6. The summed E-state index contributed by atoms with van der Waals surface area (Å²) in [5.74, 6) is 0. The molecule has 6 nitrogen and oxygen atoms in total. The molecule has 2 aromatic carbocycles. The Morgan fingerprint density at radius 3 is 2.70 bits per heavy atom. The van der Waals surface area contributed by atoms with Gasteiger partial charge < -0.3 is 21.3 Å². The van der Waals surface area contributed by atoms with Crippen LogP contribution < -0.4 is 21.3 Å². The molecule has 2 aliphatic rings. The van der Waals surface area contributed by atoms with E-state index in [0.717, 1.165) is 58.8 Å². The summed E-state index contributed by atoms with van der Waals surface area (Å²) in [5, 5.41) is 6.57. The second-order valence-corrected chi connectivity index (χ2v) is 8.32. The maximum absolute atomic E-state index is 5.91. The largest absolute Gasteiger partial charge is 0.404 e. The molecular weight excluding hydrogens is 440 g/mol. The van der Waals surface area contributed by atoms with Crippen molar-refractivity contribution in [3.05, 3.63) is 58.7 Å². The Bertz CT molecular complexity index is 972. The van der Waals surface area contributed by atoms with Gasteiger partial charge in [-0.15, -0.1) is 0 Å². The van der Waals surface area contributed by atoms with Gasteiger partial charge in [0.05, 0.1) is 24.0 Å². The number of fused-ring (bicyclic) bond motifs is 1. The fourth-order valence-electron chi connectivity index (χ4n) is 3.80. The Hall–Kier alpha value is -2.80. The molecule has 1 fully saturated rings. The molecule has 156 valence electrons. The van der Waals surface area contributed by atoms with Crippen molar-refractivity contribution in [1.82, 2.24) is 0 Å². The molecule has 0 aliphatic carbocycles. The van der Waals surface area contributed by atoms with E-state index < -0.39 is 0 Å². The van der Waals surface area contributed by atoms with Crippen LogP contribution in [0.15, 0.2) is 68.7 Å². The number of nitrogens with one attached hydrogen (secondary N) is 2. The van der Waals surface area contributed by atoms with Gasteiger partial charge in [0.25, 0.3) is 0 Å². The maximum atomic E-state index is 5.91. The van der Waals surface area contributed by atoms with Crippen LogP contribution in [0.3, 0.4) is 0 Å². The molecule has 1 saturated heterocycles. The van der Waals surface area contributed by atoms with Gasteiger partial charge in [-0.1, -0.05) is 6.07 Å². The SMILES string of the molecule is CNc1ccc(N2CCC(N=CC(=CN)C3=Nc4c(Br)cccc4NC3)CC2)cc1. The number of hydrogen-bond donors (Lipinski definition) is 3. The predicted molar refractivity (Wildman–Crippen MR) is 132 cm³/mol. The highest BCUT2D eigenvalue weighted by Crippen LogP contribution is 2.36. The van der Waals surface area contributed by atoms with Crippen LogP contribution in [0.2, 0.25) is 0 Å². The van der Waals surface area contributed by atoms with Gasteiger partial charge in [0.1, 0.15) is 5.69 Å². The first kappa shape index (κ1) is 20.5. The quantitative estimate of drug-likeness (QED) is 0.563. The highest BCUT2D eigenvalue weighted by Gasteiger charge is 2.20. The third-order valence-corrected chi connectivity index (χ3v) is 6.24. The van der Waals surface area contributed by atoms with Crippen LogP contribution in [-0.2, 0) is 0 Å². The lowest BCUT2D eigenvalue weighted by Crippen LogP contribution is -2.35. The summed E-state index contributed by atoms with van der Waals surface area (Å²) in [7, 11) is 1.94. The van der Waals surface area contributed by atoms with Crippen molar-refractivity contribution in [1.29, 1.82) is 0 Å². The minimum absolute atomic E-state index is 0.309. The zero-order valence-corrected chi connectivity index (χ0v) is 18.7. The molecule has 4 N–H and O–H groups in total. The number of anilines is 3. The minimum Gasteiger partial charge on any atom is -0.404 e. The number of rotatable bonds is 5. The lowest BCUT2D eigenvalue weighted by Gasteiger charge is -2.32. The molecular formula is C23H27BrN6. The molecule has 0 radical (unpaired) electrons. The van der Waals surface area contributed by atoms with Crippen molar-refractivity contribution in [2.24, 2.45) is 15.7 Å². The smallest absolute Gasteiger partial charge is 0.101 e. The Kier molecular flexibility index (Phi) is 6.38. The van der Waals surface area contributed by atoms with E-state index in [1.54, 1.807) is 6.20 Å². The van der Waals surface area contributed by atoms with Crippen LogP contribution in [0.5, 0.6) is 0 Å². The van der Waals surface area contributed by atoms with Crippen LogP contribution in [-0.4, -0.2) is 44.7 Å². The summed E-state index contributed by atoms with van der Waals surface area (Å²) in [5.41, 5.74) is 12.0. The summed E-state index contributed by atoms with van der Waals surface area (Å²) < 4.78 is 0.966. The number of piperidine rings is 1. The van der Waals surface area contributed by atoms with Crippen molar-refractivity contribution in [2.45, 2.75) is 18.9 Å². The zero-order valence-electron chi connectivity index (χ0n) is 17.1. The van der Waals surface area contributed by atoms with Gasteiger partial charge in [-0.25, -0.2) is 4.99 Å². The van der Waals surface area contributed by atoms with Crippen molar-refractivity contribution in [2.75, 3.05) is 42.2 Å². The maximum Gasteiger partial charge on any atom is 0.101 e. The molecule has 0 unspecified atom stereocenters. The normalized spacial score (nSPS) is 17.5. The van der Waals surface area contributed by atoms with E-state index in [2.05, 4.69) is 55.7 Å². The first-order valence-electron chi connectivity index (χ1n) is 10.3. The van der Waals surface area contributed by atoms with Gasteiger partial charge in [0.15, 0.2) is 0 Å². The number of halogens is 1. The third kappa shape index (κ3) is 4.51. The summed E-state index contributed by atoms with van der Waals surface area (Å²) >= 11 is 3.58. The first-order chi connectivity index (χ1) is 14.7. The van der Waals surface area contributed by atoms with Gasteiger partial charge >= 0.3 is 0 Å². The molecule has 2 aliphatic heterocycles. The molecule has 0 spiro atoms. The number of nitrogens with zero attached hydrogens (tertiary/aromatic N) is 3. The van der Waals surface area contributed by atoms with Gasteiger partial charge in [0.2, 0.25) is 0 Å². The van der Waals surface area contributed by atoms with Crippen LogP contribution in [0, 0.1) is 0 Å². The Balaban J connectivity index is 1.38. The standard InChI is InChI=1S/C23H27BrN6/c1-26-17-5-7-19(8-6-17)30-11-9-18(10-12-30)27-14-16(13-25)22-15-28-21-4-2-3-20(24)23(21)29-22/h2-8,13-14,18,26,28H,9-12,15,25H2,1H3. The lowest BCUT2D eigenvalue weighted by molar-refractivity contribution is 0.505. The number of aliphatic imine (C=N–C) groups is 2. The van der Waals surface area contributed by atoms with Crippen molar-refractivity contribution >= 4 is 50.6 Å². The molecule has 0 aromatic heterocycles. The fraction of sp³-hybridized carbons (Fsp3) is 0.304. The van der Waals surface area contributed by atoms with Crippen LogP contribution in [0.4, 0.5) is 22.7 Å². The summed E-state index contributed by atoms with van der Waals surface area (Å²) in [4.78, 5) is 12.1. The van der Waals surface area contributed by atoms with E-state index in [-0.39, 0.29) is 0 Å². The van der Waals surface area contributed by atoms with Crippen LogP contribution >= 0.6 is 15.9 Å². The fourth-order valence-corrected chi connectivity index (χ4v) is 4.26. The molecule has 4 rings (SSSR count). The lowest BCUT2D eigenvalue weighted by atomic mass is 10.0. The Labute approximate surface area is 186 Å². The van der Waals surface area contributed by atoms with E-state index in [4.69, 9.17) is 15.7 Å². The van der Waals surface area contributed by atoms with Gasteiger partial charge in [-0.2, -0.15) is 0 Å². The second-order valence-electron chi connectivity index (χ2n) is 7.46. The predicted octanol–water partition coefficient (Wildman–Crippen LogP) is 4.57. The van der Waals surface area contributed by atoms with Crippen molar-refractivity contribution in [3.8, 4) is 0 Å². The van der Waals surface area contributed by atoms with Crippen molar-refractivity contribution < 1.29 is 0 Å². The Morgan fingerprint density at radius 1 is 1.23 bits per heavy atom. The molecule has 2 aromatic rings. The van der Waals surface area contributed by atoms with Gasteiger partial charge in [-0.3, -0.25) is 4.99 Å². The number of benzene rings is 2.